The summed E-state index contributed by atoms with van der Waals surface area (Å²) in [5.41, 5.74) is 0. The van der Waals surface area contributed by atoms with E-state index in [0.717, 1.165) is 0 Å². The Labute approximate surface area is 47.0 Å². The fourth-order valence-corrected chi connectivity index (χ4v) is 0. The van der Waals surface area contributed by atoms with E-state index in [0.29, 0.717) is 0 Å². The highest BCUT2D eigenvalue weighted by molar-refractivity contribution is 8.93. The van der Waals surface area contributed by atoms with Gasteiger partial charge in [0.15, 0.2) is 0 Å². The van der Waals surface area contributed by atoms with Crippen molar-refractivity contribution in [3.63, 3.8) is 0 Å². The van der Waals surface area contributed by atoms with E-state index in [9.17, 15) is 0 Å². The number of hydrogen-bond donors (Lipinski definition) is 0. The monoisotopic (exact) mass is 182 g/mol. The van der Waals surface area contributed by atoms with Gasteiger partial charge in [-0.1, -0.05) is 22.5 Å². The minimum atomic E-state index is 0. The molecule has 0 bridgehead atoms. The highest BCUT2D eigenvalue weighted by atomic mass is 79.9. The van der Waals surface area contributed by atoms with Crippen LogP contribution in [0.3, 0.4) is 0 Å². The van der Waals surface area contributed by atoms with Crippen molar-refractivity contribution in [2.75, 3.05) is 0 Å². The van der Waals surface area contributed by atoms with E-state index in [-0.39, 0.29) is 24.3 Å². The van der Waals surface area contributed by atoms with Crippen molar-refractivity contribution in [2.45, 2.75) is 0 Å². The molecule has 0 saturated heterocycles. The third kappa shape index (κ3) is 9.75. The standard InChI is InChI=1S/BrH.Cl2HP/c;1-3-2/h1H;3H. The molecule has 0 atom stereocenters. The second kappa shape index (κ2) is 8.82. The second-order valence-electron chi connectivity index (χ2n) is 0.0714. The molecular formula is H2BrCl2P. The normalized spacial score (nSPS) is 4.50. The average Bonchev–Trinajstić information content (AvgIpc) is 0.918. The third-order valence-corrected chi connectivity index (χ3v) is 0. The summed E-state index contributed by atoms with van der Waals surface area (Å²) in [5.74, 6) is 0. The Bertz CT molecular complexity index is 6.00. The van der Waals surface area contributed by atoms with Crippen molar-refractivity contribution in [2.24, 2.45) is 0 Å². The summed E-state index contributed by atoms with van der Waals surface area (Å²) in [6.45, 7) is 0. The smallest absolute Gasteiger partial charge is 0.0713 e. The first-order valence-electron chi connectivity index (χ1n) is 0.378. The van der Waals surface area contributed by atoms with Gasteiger partial charge in [0.1, 0.15) is 0 Å². The second-order valence-corrected chi connectivity index (χ2v) is 1.93. The van der Waals surface area contributed by atoms with Crippen molar-refractivity contribution >= 4 is 46.7 Å². The molecule has 0 aromatic rings. The third-order valence-electron chi connectivity index (χ3n) is 0. The lowest BCUT2D eigenvalue weighted by molar-refractivity contribution is 4.88. The van der Waals surface area contributed by atoms with Gasteiger partial charge in [0.25, 0.3) is 0 Å². The highest BCUT2D eigenvalue weighted by Gasteiger charge is 1.41. The molecule has 28 valence electrons. The van der Waals surface area contributed by atoms with E-state index < -0.39 is 0 Å². The van der Waals surface area contributed by atoms with E-state index in [1.165, 1.54) is 0 Å². The van der Waals surface area contributed by atoms with E-state index in [1.54, 1.807) is 0 Å². The molecule has 0 radical (unpaired) electrons. The highest BCUT2D eigenvalue weighted by Crippen LogP contribution is 2.19. The maximum atomic E-state index is 4.79. The van der Waals surface area contributed by atoms with Gasteiger partial charge in [-0.25, -0.2) is 0 Å². The van der Waals surface area contributed by atoms with Crippen LogP contribution in [0.2, 0.25) is 0 Å². The summed E-state index contributed by atoms with van der Waals surface area (Å²) in [4.78, 5) is 0. The molecule has 0 aliphatic heterocycles. The van der Waals surface area contributed by atoms with Crippen LogP contribution in [0.4, 0.5) is 0 Å². The molecule has 0 N–H and O–H groups in total. The van der Waals surface area contributed by atoms with Crippen LogP contribution in [0, 0.1) is 0 Å². The van der Waals surface area contributed by atoms with Crippen molar-refractivity contribution in [3.05, 3.63) is 0 Å². The molecule has 4 heavy (non-hydrogen) atoms. The molecule has 0 saturated carbocycles. The van der Waals surface area contributed by atoms with Crippen molar-refractivity contribution in [3.8, 4) is 0 Å². The van der Waals surface area contributed by atoms with E-state index in [1.807, 2.05) is 0 Å². The maximum Gasteiger partial charge on any atom is 0.0713 e. The average molecular weight is 184 g/mol. The van der Waals surface area contributed by atoms with Crippen molar-refractivity contribution in [1.29, 1.82) is 0 Å². The summed E-state index contributed by atoms with van der Waals surface area (Å²) < 4.78 is 0. The molecule has 4 heteroatoms. The van der Waals surface area contributed by atoms with Crippen LogP contribution in [0.15, 0.2) is 0 Å². The van der Waals surface area contributed by atoms with Crippen LogP contribution in [0.25, 0.3) is 0 Å². The van der Waals surface area contributed by atoms with Gasteiger partial charge in [-0.3, -0.25) is 0 Å². The minimum absolute atomic E-state index is 0. The zero-order chi connectivity index (χ0) is 2.71. The van der Waals surface area contributed by atoms with E-state index in [2.05, 4.69) is 0 Å². The van der Waals surface area contributed by atoms with Gasteiger partial charge in [-0.2, -0.15) is 0 Å². The Balaban J connectivity index is 0. The molecule has 0 rings (SSSR count). The zero-order valence-corrected chi connectivity index (χ0v) is 5.89. The lowest BCUT2D eigenvalue weighted by Crippen LogP contribution is -0.641. The van der Waals surface area contributed by atoms with Crippen LogP contribution in [0.1, 0.15) is 0 Å². The first-order valence-corrected chi connectivity index (χ1v) is 3.40. The molecule has 0 amide bonds. The summed E-state index contributed by atoms with van der Waals surface area (Å²) >= 11 is 9.58. The molecule has 0 unspecified atom stereocenters. The summed E-state index contributed by atoms with van der Waals surface area (Å²) in [6.07, 6.45) is 0. The van der Waals surface area contributed by atoms with E-state index >= 15 is 0 Å². The van der Waals surface area contributed by atoms with Crippen LogP contribution >= 0.6 is 46.7 Å². The lowest BCUT2D eigenvalue weighted by atomic mass is 30.6. The predicted molar refractivity (Wildman–Crippen MR) is 30.3 cm³/mol. The van der Waals surface area contributed by atoms with Crippen LogP contribution in [-0.4, -0.2) is 0 Å². The fraction of sp³-hybridized carbons (Fsp3) is 0. The molecule has 0 fully saturated rings. The van der Waals surface area contributed by atoms with Gasteiger partial charge in [-0.15, -0.1) is 17.0 Å². The van der Waals surface area contributed by atoms with Gasteiger partial charge in [-0.05, 0) is 0 Å². The molecule has 0 aliphatic carbocycles. The zero-order valence-electron chi connectivity index (χ0n) is 1.66. The molecular weight excluding hydrogens is 182 g/mol. The molecule has 0 aromatic heterocycles. The largest absolute Gasteiger partial charge is 0.114 e. The topological polar surface area (TPSA) is 0 Å². The van der Waals surface area contributed by atoms with Crippen LogP contribution in [-0.2, 0) is 0 Å². The number of halogens is 3. The SMILES string of the molecule is Br.ClPCl. The first-order chi connectivity index (χ1) is 1.41. The van der Waals surface area contributed by atoms with Crippen molar-refractivity contribution in [1.82, 2.24) is 0 Å². The lowest BCUT2D eigenvalue weighted by Gasteiger charge is -1.42. The Kier molecular flexibility index (Phi) is 20.0. The predicted octanol–water partition coefficient (Wildman–Crippen LogP) is 2.55. The summed E-state index contributed by atoms with van der Waals surface area (Å²) in [7, 11) is 0.0278. The Morgan fingerprint density at radius 1 is 1.25 bits per heavy atom. The summed E-state index contributed by atoms with van der Waals surface area (Å²) in [6, 6.07) is 0. The quantitative estimate of drug-likeness (QED) is 0.507. The van der Waals surface area contributed by atoms with Gasteiger partial charge in [0.2, 0.25) is 0 Å². The summed E-state index contributed by atoms with van der Waals surface area (Å²) in [5, 5.41) is 0. The van der Waals surface area contributed by atoms with E-state index in [4.69, 9.17) is 22.5 Å². The fourth-order valence-electron chi connectivity index (χ4n) is 0. The molecule has 0 spiro atoms. The number of rotatable bonds is 0. The van der Waals surface area contributed by atoms with Gasteiger partial charge < -0.3 is 0 Å². The first kappa shape index (κ1) is 9.09. The Hall–Kier alpha value is 1.49. The Morgan fingerprint density at radius 3 is 1.25 bits per heavy atom. The van der Waals surface area contributed by atoms with Crippen molar-refractivity contribution < 1.29 is 0 Å². The number of hydrogen-bond acceptors (Lipinski definition) is 0. The minimum Gasteiger partial charge on any atom is -0.114 e. The maximum absolute atomic E-state index is 4.79. The van der Waals surface area contributed by atoms with Crippen LogP contribution < -0.4 is 0 Å². The van der Waals surface area contributed by atoms with Gasteiger partial charge >= 0.3 is 0 Å². The molecule has 0 nitrogen and oxygen atoms in total. The van der Waals surface area contributed by atoms with Gasteiger partial charge in [0, 0.05) is 0 Å². The molecule has 0 aliphatic rings. The van der Waals surface area contributed by atoms with Crippen LogP contribution in [0.5, 0.6) is 0 Å². The van der Waals surface area contributed by atoms with Gasteiger partial charge in [0.05, 0.1) is 7.29 Å². The molecule has 0 aromatic carbocycles. The Morgan fingerprint density at radius 2 is 1.25 bits per heavy atom. The molecule has 0 heterocycles.